The zero-order chi connectivity index (χ0) is 14.0. The number of sulfone groups is 1. The molecule has 7 heteroatoms. The van der Waals surface area contributed by atoms with E-state index in [1.54, 1.807) is 18.0 Å². The highest BCUT2D eigenvalue weighted by atomic mass is 35.5. The van der Waals surface area contributed by atoms with Gasteiger partial charge in [0.25, 0.3) is 0 Å². The van der Waals surface area contributed by atoms with Gasteiger partial charge in [0.15, 0.2) is 9.84 Å². The van der Waals surface area contributed by atoms with Gasteiger partial charge in [0, 0.05) is 47.4 Å². The van der Waals surface area contributed by atoms with Crippen molar-refractivity contribution < 1.29 is 8.42 Å². The summed E-state index contributed by atoms with van der Waals surface area (Å²) < 4.78 is 23.9. The first kappa shape index (κ1) is 14.9. The van der Waals surface area contributed by atoms with E-state index in [0.29, 0.717) is 11.6 Å². The Kier molecular flexibility index (Phi) is 4.63. The van der Waals surface area contributed by atoms with Crippen molar-refractivity contribution in [2.75, 3.05) is 29.2 Å². The smallest absolute Gasteiger partial charge is 0.169 e. The lowest BCUT2D eigenvalue weighted by Gasteiger charge is -2.37. The quantitative estimate of drug-likeness (QED) is 0.798. The Morgan fingerprint density at radius 1 is 1.58 bits per heavy atom. The lowest BCUT2D eigenvalue weighted by Crippen LogP contribution is -2.47. The molecular formula is C12H17ClN2O2S2. The molecule has 0 aliphatic carbocycles. The molecule has 1 aliphatic rings. The standard InChI is InChI=1S/C12H17ClN2O2S2/c1-9-5-11(10(6-13)7-14-9)15-3-4-18-8-12(15)19(2,16)17/h5,7,12H,3-4,6,8H2,1-2H3. The van der Waals surface area contributed by atoms with E-state index in [-0.39, 0.29) is 0 Å². The second kappa shape index (κ2) is 5.89. The normalized spacial score (nSPS) is 20.6. The predicted molar refractivity (Wildman–Crippen MR) is 81.8 cm³/mol. The van der Waals surface area contributed by atoms with Gasteiger partial charge in [-0.2, -0.15) is 11.8 Å². The number of hydrogen-bond acceptors (Lipinski definition) is 5. The van der Waals surface area contributed by atoms with Crippen molar-refractivity contribution in [3.05, 3.63) is 23.5 Å². The first-order valence-electron chi connectivity index (χ1n) is 5.98. The van der Waals surface area contributed by atoms with Gasteiger partial charge in [-0.1, -0.05) is 0 Å². The van der Waals surface area contributed by atoms with Gasteiger partial charge < -0.3 is 4.90 Å². The Balaban J connectivity index is 2.45. The van der Waals surface area contributed by atoms with Gasteiger partial charge in [0.1, 0.15) is 5.37 Å². The van der Waals surface area contributed by atoms with E-state index < -0.39 is 15.2 Å². The summed E-state index contributed by atoms with van der Waals surface area (Å²) in [6, 6.07) is 1.92. The van der Waals surface area contributed by atoms with Crippen molar-refractivity contribution in [3.63, 3.8) is 0 Å². The molecule has 1 saturated heterocycles. The number of aromatic nitrogens is 1. The van der Waals surface area contributed by atoms with E-state index in [1.165, 1.54) is 6.26 Å². The number of nitrogens with zero attached hydrogens (tertiary/aromatic N) is 2. The Hall–Kier alpha value is -0.460. The second-order valence-corrected chi connectivity index (χ2v) is 8.26. The molecule has 1 aromatic heterocycles. The maximum atomic E-state index is 12.0. The van der Waals surface area contributed by atoms with Crippen LogP contribution in [0.2, 0.25) is 0 Å². The van der Waals surface area contributed by atoms with Gasteiger partial charge in [-0.25, -0.2) is 8.42 Å². The molecule has 2 rings (SSSR count). The van der Waals surface area contributed by atoms with Gasteiger partial charge in [0.05, 0.1) is 5.88 Å². The fourth-order valence-corrected chi connectivity index (χ4v) is 5.19. The van der Waals surface area contributed by atoms with Crippen molar-refractivity contribution in [2.24, 2.45) is 0 Å². The van der Waals surface area contributed by atoms with Crippen molar-refractivity contribution >= 4 is 38.9 Å². The molecule has 0 radical (unpaired) electrons. The number of rotatable bonds is 3. The maximum absolute atomic E-state index is 12.0. The van der Waals surface area contributed by atoms with Crippen molar-refractivity contribution in [1.82, 2.24) is 4.98 Å². The Labute approximate surface area is 123 Å². The van der Waals surface area contributed by atoms with Gasteiger partial charge in [-0.15, -0.1) is 11.6 Å². The van der Waals surface area contributed by atoms with E-state index in [9.17, 15) is 8.42 Å². The van der Waals surface area contributed by atoms with Crippen molar-refractivity contribution in [1.29, 1.82) is 0 Å². The Morgan fingerprint density at radius 2 is 2.32 bits per heavy atom. The second-order valence-electron chi connectivity index (χ2n) is 4.64. The molecule has 0 saturated carbocycles. The van der Waals surface area contributed by atoms with Crippen LogP contribution in [0.25, 0.3) is 0 Å². The summed E-state index contributed by atoms with van der Waals surface area (Å²) in [4.78, 5) is 6.18. The highest BCUT2D eigenvalue weighted by molar-refractivity contribution is 8.01. The summed E-state index contributed by atoms with van der Waals surface area (Å²) in [5, 5.41) is -0.477. The molecule has 0 amide bonds. The van der Waals surface area contributed by atoms with Crippen LogP contribution in [0.5, 0.6) is 0 Å². The molecule has 1 aromatic rings. The van der Waals surface area contributed by atoms with Crippen molar-refractivity contribution in [3.8, 4) is 0 Å². The van der Waals surface area contributed by atoms with Crippen LogP contribution in [0, 0.1) is 6.92 Å². The summed E-state index contributed by atoms with van der Waals surface area (Å²) in [6.45, 7) is 2.62. The molecule has 106 valence electrons. The number of halogens is 1. The molecule has 1 aliphatic heterocycles. The minimum absolute atomic E-state index is 0.336. The third kappa shape index (κ3) is 3.35. The number of aryl methyl sites for hydroxylation is 1. The minimum atomic E-state index is -3.12. The molecule has 0 N–H and O–H groups in total. The first-order chi connectivity index (χ1) is 8.93. The largest absolute Gasteiger partial charge is 0.353 e. The zero-order valence-corrected chi connectivity index (χ0v) is 13.4. The third-order valence-corrected chi connectivity index (χ3v) is 6.06. The number of alkyl halides is 1. The summed E-state index contributed by atoms with van der Waals surface area (Å²) in [7, 11) is -3.12. The average Bonchev–Trinajstić information content (AvgIpc) is 2.37. The van der Waals surface area contributed by atoms with Crippen LogP contribution in [0.4, 0.5) is 5.69 Å². The monoisotopic (exact) mass is 320 g/mol. The van der Waals surface area contributed by atoms with Gasteiger partial charge in [-0.3, -0.25) is 4.98 Å². The fourth-order valence-electron chi connectivity index (χ4n) is 2.16. The lowest BCUT2D eigenvalue weighted by molar-refractivity contribution is 0.584. The number of hydrogen-bond donors (Lipinski definition) is 0. The van der Waals surface area contributed by atoms with Crippen LogP contribution >= 0.6 is 23.4 Å². The number of anilines is 1. The number of pyridine rings is 1. The molecule has 1 atom stereocenters. The Bertz CT molecular complexity index is 563. The molecular weight excluding hydrogens is 304 g/mol. The maximum Gasteiger partial charge on any atom is 0.169 e. The highest BCUT2D eigenvalue weighted by Gasteiger charge is 2.32. The zero-order valence-electron chi connectivity index (χ0n) is 11.0. The molecule has 2 heterocycles. The summed E-state index contributed by atoms with van der Waals surface area (Å²) in [5.41, 5.74) is 2.65. The third-order valence-electron chi connectivity index (χ3n) is 3.13. The van der Waals surface area contributed by atoms with E-state index in [2.05, 4.69) is 4.98 Å². The summed E-state index contributed by atoms with van der Waals surface area (Å²) >= 11 is 7.62. The van der Waals surface area contributed by atoms with Crippen LogP contribution in [0.1, 0.15) is 11.3 Å². The molecule has 0 spiro atoms. The van der Waals surface area contributed by atoms with Crippen LogP contribution in [0.3, 0.4) is 0 Å². The molecule has 1 fully saturated rings. The first-order valence-corrected chi connectivity index (χ1v) is 9.62. The Morgan fingerprint density at radius 3 is 2.95 bits per heavy atom. The molecule has 1 unspecified atom stereocenters. The van der Waals surface area contributed by atoms with E-state index in [4.69, 9.17) is 11.6 Å². The van der Waals surface area contributed by atoms with E-state index in [1.807, 2.05) is 17.9 Å². The van der Waals surface area contributed by atoms with Crippen molar-refractivity contribution in [2.45, 2.75) is 18.2 Å². The molecule has 0 bridgehead atoms. The van der Waals surface area contributed by atoms with Crippen LogP contribution in [-0.4, -0.2) is 43.1 Å². The van der Waals surface area contributed by atoms with Gasteiger partial charge in [0.2, 0.25) is 0 Å². The fraction of sp³-hybridized carbons (Fsp3) is 0.583. The van der Waals surface area contributed by atoms with E-state index in [0.717, 1.165) is 29.2 Å². The van der Waals surface area contributed by atoms with E-state index >= 15 is 0 Å². The van der Waals surface area contributed by atoms with Gasteiger partial charge >= 0.3 is 0 Å². The molecule has 0 aromatic carbocycles. The average molecular weight is 321 g/mol. The van der Waals surface area contributed by atoms with Crippen LogP contribution in [-0.2, 0) is 15.7 Å². The highest BCUT2D eigenvalue weighted by Crippen LogP contribution is 2.30. The summed E-state index contributed by atoms with van der Waals surface area (Å²) in [5.74, 6) is 1.86. The molecule has 4 nitrogen and oxygen atoms in total. The predicted octanol–water partition coefficient (Wildman–Crippen LogP) is 2.05. The lowest BCUT2D eigenvalue weighted by atomic mass is 10.2. The summed E-state index contributed by atoms with van der Waals surface area (Å²) in [6.07, 6.45) is 3.03. The number of thioether (sulfide) groups is 1. The topological polar surface area (TPSA) is 50.3 Å². The SMILES string of the molecule is Cc1cc(N2CCSCC2S(C)(=O)=O)c(CCl)cn1. The van der Waals surface area contributed by atoms with Crippen LogP contribution < -0.4 is 4.90 Å². The van der Waals surface area contributed by atoms with Gasteiger partial charge in [-0.05, 0) is 13.0 Å². The molecule has 19 heavy (non-hydrogen) atoms. The minimum Gasteiger partial charge on any atom is -0.353 e. The van der Waals surface area contributed by atoms with Crippen LogP contribution in [0.15, 0.2) is 12.3 Å².